The monoisotopic (exact) mass is 209 g/mol. The zero-order chi connectivity index (χ0) is 11.0. The van der Waals surface area contributed by atoms with Crippen LogP contribution in [-0.2, 0) is 11.8 Å². The molecule has 1 aromatic heterocycles. The lowest BCUT2D eigenvalue weighted by atomic mass is 10.4. The van der Waals surface area contributed by atoms with Crippen LogP contribution in [0, 0.1) is 5.92 Å². The molecule has 6 heteroatoms. The van der Waals surface area contributed by atoms with E-state index < -0.39 is 5.97 Å². The molecule has 1 saturated carbocycles. The zero-order valence-corrected chi connectivity index (χ0v) is 8.23. The smallest absolute Gasteiger partial charge is 0.356 e. The number of aryl methyl sites for hydroxylation is 1. The lowest BCUT2D eigenvalue weighted by Gasteiger charge is -2.02. The van der Waals surface area contributed by atoms with Gasteiger partial charge in [-0.1, -0.05) is 0 Å². The highest BCUT2D eigenvalue weighted by molar-refractivity contribution is 5.94. The van der Waals surface area contributed by atoms with Crippen LogP contribution in [-0.4, -0.2) is 26.8 Å². The fraction of sp³-hybridized carbons (Fsp3) is 0.444. The largest absolute Gasteiger partial charge is 0.476 e. The molecule has 0 aromatic carbocycles. The Kier molecular flexibility index (Phi) is 2.18. The van der Waals surface area contributed by atoms with Crippen molar-refractivity contribution >= 4 is 17.7 Å². The minimum atomic E-state index is -1.10. The average Bonchev–Trinajstić information content (AvgIpc) is 2.93. The van der Waals surface area contributed by atoms with Crippen LogP contribution in [0.15, 0.2) is 6.07 Å². The van der Waals surface area contributed by atoms with Crippen molar-refractivity contribution in [2.45, 2.75) is 12.8 Å². The van der Waals surface area contributed by atoms with E-state index in [4.69, 9.17) is 5.11 Å². The van der Waals surface area contributed by atoms with E-state index in [-0.39, 0.29) is 17.5 Å². The number of nitrogens with zero attached hydrogens (tertiary/aromatic N) is 2. The molecule has 15 heavy (non-hydrogen) atoms. The minimum absolute atomic E-state index is 0.0602. The van der Waals surface area contributed by atoms with Gasteiger partial charge in [-0.25, -0.2) is 4.79 Å². The number of aromatic carboxylic acids is 1. The van der Waals surface area contributed by atoms with E-state index in [1.54, 1.807) is 7.05 Å². The van der Waals surface area contributed by atoms with Crippen molar-refractivity contribution in [2.75, 3.05) is 5.32 Å². The Hall–Kier alpha value is -1.85. The first kappa shape index (κ1) is 9.70. The van der Waals surface area contributed by atoms with E-state index in [2.05, 4.69) is 10.4 Å². The maximum absolute atomic E-state index is 11.4. The molecule has 0 aliphatic heterocycles. The molecule has 0 radical (unpaired) electrons. The van der Waals surface area contributed by atoms with Gasteiger partial charge in [0.1, 0.15) is 5.82 Å². The number of aromatic nitrogens is 2. The van der Waals surface area contributed by atoms with Crippen LogP contribution >= 0.6 is 0 Å². The SMILES string of the molecule is Cn1nc(C(=O)O)cc1NC(=O)C1CC1. The van der Waals surface area contributed by atoms with Crippen molar-refractivity contribution < 1.29 is 14.7 Å². The Morgan fingerprint density at radius 2 is 2.27 bits per heavy atom. The molecule has 1 aromatic rings. The first-order valence-electron chi connectivity index (χ1n) is 4.66. The molecular weight excluding hydrogens is 198 g/mol. The number of hydrogen-bond donors (Lipinski definition) is 2. The molecule has 0 unspecified atom stereocenters. The van der Waals surface area contributed by atoms with Crippen molar-refractivity contribution in [2.24, 2.45) is 13.0 Å². The van der Waals surface area contributed by atoms with Crippen molar-refractivity contribution in [3.8, 4) is 0 Å². The van der Waals surface area contributed by atoms with Gasteiger partial charge in [0, 0.05) is 19.0 Å². The third-order valence-corrected chi connectivity index (χ3v) is 2.30. The number of hydrogen-bond acceptors (Lipinski definition) is 3. The molecular formula is C9H11N3O3. The van der Waals surface area contributed by atoms with E-state index >= 15 is 0 Å². The van der Waals surface area contributed by atoms with Gasteiger partial charge in [-0.2, -0.15) is 5.10 Å². The number of carboxylic acid groups (broad SMARTS) is 1. The summed E-state index contributed by atoms with van der Waals surface area (Å²) < 4.78 is 1.35. The predicted octanol–water partition coefficient (Wildman–Crippen LogP) is 0.467. The lowest BCUT2D eigenvalue weighted by molar-refractivity contribution is -0.117. The fourth-order valence-corrected chi connectivity index (χ4v) is 1.26. The van der Waals surface area contributed by atoms with Gasteiger partial charge in [0.15, 0.2) is 5.69 Å². The van der Waals surface area contributed by atoms with Crippen molar-refractivity contribution in [1.82, 2.24) is 9.78 Å². The van der Waals surface area contributed by atoms with Gasteiger partial charge in [-0.3, -0.25) is 9.48 Å². The second kappa shape index (κ2) is 3.38. The van der Waals surface area contributed by atoms with Gasteiger partial charge in [0.25, 0.3) is 0 Å². The maximum atomic E-state index is 11.4. The van der Waals surface area contributed by atoms with Crippen LogP contribution < -0.4 is 5.32 Å². The minimum Gasteiger partial charge on any atom is -0.476 e. The highest BCUT2D eigenvalue weighted by Crippen LogP contribution is 2.30. The lowest BCUT2D eigenvalue weighted by Crippen LogP contribution is -2.15. The Balaban J connectivity index is 2.13. The third kappa shape index (κ3) is 1.98. The number of carbonyl (C=O) groups excluding carboxylic acids is 1. The summed E-state index contributed by atoms with van der Waals surface area (Å²) in [4.78, 5) is 22.0. The van der Waals surface area contributed by atoms with E-state index in [1.165, 1.54) is 10.7 Å². The van der Waals surface area contributed by atoms with Gasteiger partial charge in [0.05, 0.1) is 0 Å². The number of amides is 1. The molecule has 1 heterocycles. The molecule has 0 spiro atoms. The number of carboxylic acids is 1. The summed E-state index contributed by atoms with van der Waals surface area (Å²) >= 11 is 0. The van der Waals surface area contributed by atoms with Gasteiger partial charge >= 0.3 is 5.97 Å². The number of carbonyl (C=O) groups is 2. The summed E-state index contributed by atoms with van der Waals surface area (Å²) in [6.45, 7) is 0. The van der Waals surface area contributed by atoms with Gasteiger partial charge in [-0.05, 0) is 12.8 Å². The molecule has 0 saturated heterocycles. The molecule has 0 bridgehead atoms. The highest BCUT2D eigenvalue weighted by Gasteiger charge is 2.30. The van der Waals surface area contributed by atoms with Crippen LogP contribution in [0.5, 0.6) is 0 Å². The molecule has 80 valence electrons. The van der Waals surface area contributed by atoms with Crippen LogP contribution in [0.2, 0.25) is 0 Å². The zero-order valence-electron chi connectivity index (χ0n) is 8.23. The maximum Gasteiger partial charge on any atom is 0.356 e. The normalized spacial score (nSPS) is 15.0. The predicted molar refractivity (Wildman–Crippen MR) is 51.5 cm³/mol. The number of nitrogens with one attached hydrogen (secondary N) is 1. The molecule has 1 fully saturated rings. The van der Waals surface area contributed by atoms with E-state index in [0.29, 0.717) is 5.82 Å². The van der Waals surface area contributed by atoms with Crippen LogP contribution in [0.4, 0.5) is 5.82 Å². The Labute approximate surface area is 85.9 Å². The summed E-state index contributed by atoms with van der Waals surface area (Å²) in [5.41, 5.74) is -0.0661. The second-order valence-electron chi connectivity index (χ2n) is 3.61. The molecule has 6 nitrogen and oxygen atoms in total. The topological polar surface area (TPSA) is 84.2 Å². The molecule has 2 N–H and O–H groups in total. The van der Waals surface area contributed by atoms with Crippen molar-refractivity contribution in [3.05, 3.63) is 11.8 Å². The van der Waals surface area contributed by atoms with E-state index in [1.807, 2.05) is 0 Å². The second-order valence-corrected chi connectivity index (χ2v) is 3.61. The van der Waals surface area contributed by atoms with E-state index in [0.717, 1.165) is 12.8 Å². The van der Waals surface area contributed by atoms with Crippen molar-refractivity contribution in [3.63, 3.8) is 0 Å². The van der Waals surface area contributed by atoms with Crippen molar-refractivity contribution in [1.29, 1.82) is 0 Å². The van der Waals surface area contributed by atoms with Gasteiger partial charge in [-0.15, -0.1) is 0 Å². The number of rotatable bonds is 3. The first-order valence-corrected chi connectivity index (χ1v) is 4.66. The summed E-state index contributed by atoms with van der Waals surface area (Å²) in [6.07, 6.45) is 1.82. The van der Waals surface area contributed by atoms with Gasteiger partial charge < -0.3 is 10.4 Å². The third-order valence-electron chi connectivity index (χ3n) is 2.30. The summed E-state index contributed by atoms with van der Waals surface area (Å²) in [7, 11) is 1.59. The number of anilines is 1. The fourth-order valence-electron chi connectivity index (χ4n) is 1.26. The molecule has 2 rings (SSSR count). The molecule has 0 atom stereocenters. The van der Waals surface area contributed by atoms with Crippen LogP contribution in [0.1, 0.15) is 23.3 Å². The average molecular weight is 209 g/mol. The summed E-state index contributed by atoms with van der Waals surface area (Å²) in [5, 5.41) is 15.1. The Morgan fingerprint density at radius 3 is 2.73 bits per heavy atom. The molecule has 1 aliphatic carbocycles. The highest BCUT2D eigenvalue weighted by atomic mass is 16.4. The standard InChI is InChI=1S/C9H11N3O3/c1-12-7(4-6(11-12)9(14)15)10-8(13)5-2-3-5/h4-5H,2-3H2,1H3,(H,10,13)(H,14,15). The van der Waals surface area contributed by atoms with Crippen LogP contribution in [0.3, 0.4) is 0 Å². The van der Waals surface area contributed by atoms with E-state index in [9.17, 15) is 9.59 Å². The quantitative estimate of drug-likeness (QED) is 0.757. The van der Waals surface area contributed by atoms with Crippen LogP contribution in [0.25, 0.3) is 0 Å². The summed E-state index contributed by atoms with van der Waals surface area (Å²) in [6, 6.07) is 1.35. The Morgan fingerprint density at radius 1 is 1.60 bits per heavy atom. The molecule has 1 amide bonds. The summed E-state index contributed by atoms with van der Waals surface area (Å²) in [5.74, 6) is -0.648. The van der Waals surface area contributed by atoms with Gasteiger partial charge in [0.2, 0.25) is 5.91 Å². The Bertz CT molecular complexity index is 420. The first-order chi connectivity index (χ1) is 7.08. The molecule has 1 aliphatic rings.